The molecule has 0 bridgehead atoms. The molecule has 3 rings (SSSR count). The average molecular weight is 431 g/mol. The lowest BCUT2D eigenvalue weighted by atomic mass is 10.1. The first-order chi connectivity index (χ1) is 13.8. The first-order valence-corrected chi connectivity index (χ1v) is 9.27. The van der Waals surface area contributed by atoms with Crippen LogP contribution in [-0.2, 0) is 9.59 Å². The molecule has 0 atom stereocenters. The average Bonchev–Trinajstić information content (AvgIpc) is 2.93. The standard InChI is InChI=1S/C19H13NO7S2/c21-14-8-11(4-5-13(14)18(25)26)20-17(24)15(29-19(20)28)7-10-2-1-3-12(6-10)27-9-16(22)23/h1-8,21H,9H2,(H,22,23)(H,25,26)/b15-7-. The number of phenols is 1. The molecule has 0 radical (unpaired) electrons. The van der Waals surface area contributed by atoms with Crippen LogP contribution in [0.15, 0.2) is 47.4 Å². The van der Waals surface area contributed by atoms with E-state index in [1.807, 2.05) is 0 Å². The number of carbonyl (C=O) groups excluding carboxylic acids is 1. The zero-order chi connectivity index (χ0) is 21.1. The van der Waals surface area contributed by atoms with E-state index in [1.54, 1.807) is 30.3 Å². The first kappa shape index (κ1) is 20.4. The van der Waals surface area contributed by atoms with E-state index in [-0.39, 0.29) is 15.6 Å². The lowest BCUT2D eigenvalue weighted by Crippen LogP contribution is -2.27. The van der Waals surface area contributed by atoms with Gasteiger partial charge in [-0.05, 0) is 35.9 Å². The van der Waals surface area contributed by atoms with Gasteiger partial charge in [-0.3, -0.25) is 9.69 Å². The predicted octanol–water partition coefficient (Wildman–Crippen LogP) is 2.96. The SMILES string of the molecule is O=C(O)COc1cccc(/C=C2\SC(=S)N(c3ccc(C(=O)O)c(O)c3)C2=O)c1. The molecule has 1 heterocycles. The summed E-state index contributed by atoms with van der Waals surface area (Å²) >= 11 is 6.30. The highest BCUT2D eigenvalue weighted by molar-refractivity contribution is 8.27. The van der Waals surface area contributed by atoms with Crippen molar-refractivity contribution in [3.8, 4) is 11.5 Å². The third-order valence-electron chi connectivity index (χ3n) is 3.78. The maximum absolute atomic E-state index is 12.8. The van der Waals surface area contributed by atoms with Gasteiger partial charge in [0.25, 0.3) is 5.91 Å². The number of aliphatic carboxylic acids is 1. The minimum Gasteiger partial charge on any atom is -0.507 e. The zero-order valence-corrected chi connectivity index (χ0v) is 16.2. The molecule has 0 unspecified atom stereocenters. The summed E-state index contributed by atoms with van der Waals surface area (Å²) in [6.07, 6.45) is 1.58. The summed E-state index contributed by atoms with van der Waals surface area (Å²) < 4.78 is 5.35. The number of aromatic hydroxyl groups is 1. The Kier molecular flexibility index (Phi) is 5.85. The molecular formula is C19H13NO7S2. The molecular weight excluding hydrogens is 418 g/mol. The van der Waals surface area contributed by atoms with Crippen molar-refractivity contribution in [2.24, 2.45) is 0 Å². The molecule has 0 aliphatic carbocycles. The van der Waals surface area contributed by atoms with Gasteiger partial charge in [0.15, 0.2) is 10.9 Å². The minimum atomic E-state index is -1.29. The summed E-state index contributed by atoms with van der Waals surface area (Å²) in [6, 6.07) is 10.3. The van der Waals surface area contributed by atoms with Crippen molar-refractivity contribution in [3.63, 3.8) is 0 Å². The van der Waals surface area contributed by atoms with Gasteiger partial charge in [-0.1, -0.05) is 36.1 Å². The maximum atomic E-state index is 12.8. The maximum Gasteiger partial charge on any atom is 0.341 e. The van der Waals surface area contributed by atoms with Gasteiger partial charge in [0.1, 0.15) is 17.1 Å². The number of carboxylic acid groups (broad SMARTS) is 2. The fourth-order valence-corrected chi connectivity index (χ4v) is 3.82. The number of thioether (sulfide) groups is 1. The number of amides is 1. The van der Waals surface area contributed by atoms with Gasteiger partial charge in [0, 0.05) is 6.07 Å². The highest BCUT2D eigenvalue weighted by Gasteiger charge is 2.33. The number of thiocarbonyl (C=S) groups is 1. The van der Waals surface area contributed by atoms with Crippen LogP contribution in [0.1, 0.15) is 15.9 Å². The fourth-order valence-electron chi connectivity index (χ4n) is 2.52. The quantitative estimate of drug-likeness (QED) is 0.468. The molecule has 1 amide bonds. The van der Waals surface area contributed by atoms with E-state index in [9.17, 15) is 19.5 Å². The molecule has 29 heavy (non-hydrogen) atoms. The number of carboxylic acids is 2. The Morgan fingerprint density at radius 1 is 1.17 bits per heavy atom. The third kappa shape index (κ3) is 4.55. The molecule has 0 aromatic heterocycles. The van der Waals surface area contributed by atoms with Crippen molar-refractivity contribution in [2.45, 2.75) is 0 Å². The van der Waals surface area contributed by atoms with Crippen LogP contribution < -0.4 is 9.64 Å². The Bertz CT molecular complexity index is 1060. The summed E-state index contributed by atoms with van der Waals surface area (Å²) in [7, 11) is 0. The molecule has 1 aliphatic rings. The van der Waals surface area contributed by atoms with Gasteiger partial charge >= 0.3 is 11.9 Å². The van der Waals surface area contributed by atoms with E-state index >= 15 is 0 Å². The van der Waals surface area contributed by atoms with Crippen molar-refractivity contribution in [2.75, 3.05) is 11.5 Å². The summed E-state index contributed by atoms with van der Waals surface area (Å²) in [5.74, 6) is -2.96. The molecule has 10 heteroatoms. The van der Waals surface area contributed by atoms with E-state index in [1.165, 1.54) is 17.0 Å². The Balaban J connectivity index is 1.85. The molecule has 2 aromatic rings. The summed E-state index contributed by atoms with van der Waals surface area (Å²) in [5, 5.41) is 27.6. The first-order valence-electron chi connectivity index (χ1n) is 8.05. The number of anilines is 1. The normalized spacial score (nSPS) is 15.0. The molecule has 8 nitrogen and oxygen atoms in total. The summed E-state index contributed by atoms with van der Waals surface area (Å²) in [6.45, 7) is -0.485. The predicted molar refractivity (Wildman–Crippen MR) is 110 cm³/mol. The van der Waals surface area contributed by atoms with Crippen molar-refractivity contribution in [1.29, 1.82) is 0 Å². The van der Waals surface area contributed by atoms with E-state index in [4.69, 9.17) is 27.2 Å². The highest BCUT2D eigenvalue weighted by Crippen LogP contribution is 2.37. The van der Waals surface area contributed by atoms with Crippen LogP contribution in [-0.4, -0.2) is 44.1 Å². The van der Waals surface area contributed by atoms with Crippen LogP contribution in [0.5, 0.6) is 11.5 Å². The van der Waals surface area contributed by atoms with Crippen LogP contribution >= 0.6 is 24.0 Å². The molecule has 1 aliphatic heterocycles. The monoisotopic (exact) mass is 431 g/mol. The Morgan fingerprint density at radius 2 is 1.93 bits per heavy atom. The number of ether oxygens (including phenoxy) is 1. The minimum absolute atomic E-state index is 0.224. The number of hydrogen-bond acceptors (Lipinski definition) is 7. The molecule has 2 aromatic carbocycles. The van der Waals surface area contributed by atoms with Crippen LogP contribution in [0.25, 0.3) is 6.08 Å². The zero-order valence-electron chi connectivity index (χ0n) is 14.6. The molecule has 0 saturated carbocycles. The molecule has 3 N–H and O–H groups in total. The second-order valence-corrected chi connectivity index (χ2v) is 7.45. The van der Waals surface area contributed by atoms with Crippen LogP contribution in [0, 0.1) is 0 Å². The summed E-state index contributed by atoms with van der Waals surface area (Å²) in [5.41, 5.74) is 0.572. The second-order valence-electron chi connectivity index (χ2n) is 5.78. The topological polar surface area (TPSA) is 124 Å². The van der Waals surface area contributed by atoms with Gasteiger partial charge in [-0.2, -0.15) is 0 Å². The molecule has 148 valence electrons. The molecule has 0 spiro atoms. The van der Waals surface area contributed by atoms with Crippen molar-refractivity contribution in [1.82, 2.24) is 0 Å². The Hall–Kier alpha value is -3.37. The van der Waals surface area contributed by atoms with Crippen molar-refractivity contribution < 1.29 is 34.4 Å². The van der Waals surface area contributed by atoms with Gasteiger partial charge in [0.2, 0.25) is 0 Å². The van der Waals surface area contributed by atoms with Gasteiger partial charge in [-0.25, -0.2) is 9.59 Å². The van der Waals surface area contributed by atoms with Gasteiger partial charge in [-0.15, -0.1) is 0 Å². The smallest absolute Gasteiger partial charge is 0.341 e. The van der Waals surface area contributed by atoms with Gasteiger partial charge < -0.3 is 20.1 Å². The third-order valence-corrected chi connectivity index (χ3v) is 5.08. The van der Waals surface area contributed by atoms with Crippen LogP contribution in [0.4, 0.5) is 5.69 Å². The van der Waals surface area contributed by atoms with Gasteiger partial charge in [0.05, 0.1) is 10.6 Å². The van der Waals surface area contributed by atoms with Crippen LogP contribution in [0.3, 0.4) is 0 Å². The van der Waals surface area contributed by atoms with E-state index < -0.39 is 30.2 Å². The van der Waals surface area contributed by atoms with Crippen molar-refractivity contribution in [3.05, 3.63) is 58.5 Å². The number of hydrogen-bond donors (Lipinski definition) is 3. The number of carbonyl (C=O) groups is 3. The second kappa shape index (κ2) is 8.33. The largest absolute Gasteiger partial charge is 0.507 e. The lowest BCUT2D eigenvalue weighted by Gasteiger charge is -2.15. The number of nitrogens with zero attached hydrogens (tertiary/aromatic N) is 1. The lowest BCUT2D eigenvalue weighted by molar-refractivity contribution is -0.139. The fraction of sp³-hybridized carbons (Fsp3) is 0.0526. The number of benzene rings is 2. The highest BCUT2D eigenvalue weighted by atomic mass is 32.2. The van der Waals surface area contributed by atoms with Crippen LogP contribution in [0.2, 0.25) is 0 Å². The summed E-state index contributed by atoms with van der Waals surface area (Å²) in [4.78, 5) is 35.9. The molecule has 1 fully saturated rings. The number of aromatic carboxylic acids is 1. The Labute approximate surface area is 174 Å². The van der Waals surface area contributed by atoms with E-state index in [0.717, 1.165) is 17.8 Å². The van der Waals surface area contributed by atoms with E-state index in [2.05, 4.69) is 0 Å². The molecule has 1 saturated heterocycles. The van der Waals surface area contributed by atoms with Crippen molar-refractivity contribution >= 4 is 57.9 Å². The Morgan fingerprint density at radius 3 is 2.59 bits per heavy atom. The van der Waals surface area contributed by atoms with E-state index in [0.29, 0.717) is 16.2 Å². The number of rotatable bonds is 6.